The maximum Gasteiger partial charge on any atom is 0.319 e. The number of para-hydroxylation sites is 2. The molecule has 0 fully saturated rings. The number of anilines is 1. The van der Waals surface area contributed by atoms with E-state index >= 15 is 0 Å². The molecule has 0 aliphatic carbocycles. The van der Waals surface area contributed by atoms with E-state index in [2.05, 4.69) is 27.8 Å². The van der Waals surface area contributed by atoms with Crippen LogP contribution in [0.2, 0.25) is 0 Å². The molecule has 1 heterocycles. The molecule has 24 heavy (non-hydrogen) atoms. The molecule has 2 N–H and O–H groups in total. The molecule has 1 aromatic carbocycles. The Balaban J connectivity index is 1.77. The van der Waals surface area contributed by atoms with E-state index in [-0.39, 0.29) is 6.03 Å². The lowest BCUT2D eigenvalue weighted by Gasteiger charge is -2.12. The third-order valence-electron chi connectivity index (χ3n) is 3.27. The highest BCUT2D eigenvalue weighted by atomic mass is 32.2. The van der Waals surface area contributed by atoms with Crippen LogP contribution in [0.1, 0.15) is 19.7 Å². The summed E-state index contributed by atoms with van der Waals surface area (Å²) in [7, 11) is 0. The average Bonchev–Trinajstić information content (AvgIpc) is 2.93. The number of hydrogen-bond donors (Lipinski definition) is 2. The van der Waals surface area contributed by atoms with Crippen LogP contribution in [0, 0.1) is 6.92 Å². The monoisotopic (exact) mass is 349 g/mol. The maximum atomic E-state index is 12.0. The van der Waals surface area contributed by atoms with Crippen LogP contribution in [0.5, 0.6) is 5.75 Å². The zero-order valence-corrected chi connectivity index (χ0v) is 15.0. The molecule has 0 radical (unpaired) electrons. The van der Waals surface area contributed by atoms with Gasteiger partial charge in [0, 0.05) is 18.8 Å². The summed E-state index contributed by atoms with van der Waals surface area (Å²) in [4.78, 5) is 12.0. The minimum atomic E-state index is -0.254. The number of nitrogens with zero attached hydrogens (tertiary/aromatic N) is 3. The number of benzene rings is 1. The van der Waals surface area contributed by atoms with Gasteiger partial charge in [-0.3, -0.25) is 0 Å². The van der Waals surface area contributed by atoms with Crippen molar-refractivity contribution in [1.29, 1.82) is 0 Å². The van der Waals surface area contributed by atoms with Crippen LogP contribution in [0.4, 0.5) is 10.5 Å². The van der Waals surface area contributed by atoms with Crippen molar-refractivity contribution in [3.8, 4) is 5.75 Å². The van der Waals surface area contributed by atoms with Gasteiger partial charge in [0.05, 0.1) is 12.3 Å². The zero-order valence-electron chi connectivity index (χ0n) is 14.2. The highest BCUT2D eigenvalue weighted by molar-refractivity contribution is 7.99. The smallest absolute Gasteiger partial charge is 0.319 e. The van der Waals surface area contributed by atoms with Crippen LogP contribution >= 0.6 is 11.8 Å². The molecule has 2 rings (SSSR count). The van der Waals surface area contributed by atoms with Gasteiger partial charge in [0.2, 0.25) is 0 Å². The lowest BCUT2D eigenvalue weighted by molar-refractivity contribution is 0.252. The molecule has 0 saturated heterocycles. The fourth-order valence-corrected chi connectivity index (χ4v) is 3.06. The van der Waals surface area contributed by atoms with Crippen molar-refractivity contribution in [3.05, 3.63) is 30.1 Å². The summed E-state index contributed by atoms with van der Waals surface area (Å²) >= 11 is 1.57. The average molecular weight is 349 g/mol. The van der Waals surface area contributed by atoms with Gasteiger partial charge in [0.1, 0.15) is 11.6 Å². The molecule has 0 aliphatic heterocycles. The van der Waals surface area contributed by atoms with Crippen LogP contribution in [-0.2, 0) is 6.54 Å². The molecule has 0 aliphatic rings. The maximum absolute atomic E-state index is 12.0. The van der Waals surface area contributed by atoms with E-state index in [0.29, 0.717) is 24.6 Å². The van der Waals surface area contributed by atoms with Crippen molar-refractivity contribution in [3.63, 3.8) is 0 Å². The van der Waals surface area contributed by atoms with E-state index in [0.717, 1.165) is 23.3 Å². The quantitative estimate of drug-likeness (QED) is 0.566. The third-order valence-corrected chi connectivity index (χ3v) is 4.24. The van der Waals surface area contributed by atoms with Crippen molar-refractivity contribution in [2.75, 3.05) is 24.2 Å². The molecule has 130 valence electrons. The summed E-state index contributed by atoms with van der Waals surface area (Å²) in [6, 6.07) is 7.11. The first-order valence-electron chi connectivity index (χ1n) is 7.95. The van der Waals surface area contributed by atoms with E-state index < -0.39 is 0 Å². The van der Waals surface area contributed by atoms with Gasteiger partial charge in [0.15, 0.2) is 5.16 Å². The minimum Gasteiger partial charge on any atom is -0.492 e. The Morgan fingerprint density at radius 1 is 1.29 bits per heavy atom. The fourth-order valence-electron chi connectivity index (χ4n) is 2.16. The Hall–Kier alpha value is -2.22. The summed E-state index contributed by atoms with van der Waals surface area (Å²) < 4.78 is 7.53. The largest absolute Gasteiger partial charge is 0.492 e. The molecule has 1 aromatic heterocycles. The van der Waals surface area contributed by atoms with Crippen molar-refractivity contribution in [1.82, 2.24) is 20.1 Å². The van der Waals surface area contributed by atoms with E-state index in [1.54, 1.807) is 11.8 Å². The Morgan fingerprint density at radius 2 is 2.08 bits per heavy atom. The molecular formula is C16H23N5O2S. The van der Waals surface area contributed by atoms with Crippen molar-refractivity contribution in [2.24, 2.45) is 0 Å². The summed E-state index contributed by atoms with van der Waals surface area (Å²) in [6.45, 7) is 7.82. The van der Waals surface area contributed by atoms with Crippen LogP contribution in [0.15, 0.2) is 29.4 Å². The lowest BCUT2D eigenvalue weighted by atomic mass is 10.3. The Labute approximate surface area is 146 Å². The normalized spacial score (nSPS) is 10.5. The van der Waals surface area contributed by atoms with Gasteiger partial charge in [-0.2, -0.15) is 0 Å². The summed E-state index contributed by atoms with van der Waals surface area (Å²) in [5.41, 5.74) is 0.658. The molecule has 7 nitrogen and oxygen atoms in total. The van der Waals surface area contributed by atoms with Crippen molar-refractivity contribution in [2.45, 2.75) is 32.5 Å². The number of nitrogens with one attached hydrogen (secondary N) is 2. The molecule has 0 spiro atoms. The SMILES string of the molecule is CCOc1ccccc1NC(=O)NCCSc1nnc(C)n1CC. The Bertz CT molecular complexity index is 674. The zero-order chi connectivity index (χ0) is 17.4. The lowest BCUT2D eigenvalue weighted by Crippen LogP contribution is -2.30. The number of ether oxygens (including phenoxy) is 1. The summed E-state index contributed by atoms with van der Waals surface area (Å²) in [6.07, 6.45) is 0. The Morgan fingerprint density at radius 3 is 2.83 bits per heavy atom. The standard InChI is InChI=1S/C16H23N5O2S/c1-4-21-12(3)19-20-16(21)24-11-10-17-15(22)18-13-8-6-7-9-14(13)23-5-2/h6-9H,4-5,10-11H2,1-3H3,(H2,17,18,22). The first kappa shape index (κ1) is 18.1. The van der Waals surface area contributed by atoms with Gasteiger partial charge in [-0.1, -0.05) is 23.9 Å². The van der Waals surface area contributed by atoms with Gasteiger partial charge in [-0.15, -0.1) is 10.2 Å². The molecular weight excluding hydrogens is 326 g/mol. The predicted molar refractivity (Wildman–Crippen MR) is 95.8 cm³/mol. The predicted octanol–water partition coefficient (Wildman–Crippen LogP) is 2.92. The summed E-state index contributed by atoms with van der Waals surface area (Å²) in [5, 5.41) is 14.7. The van der Waals surface area contributed by atoms with Crippen LogP contribution < -0.4 is 15.4 Å². The minimum absolute atomic E-state index is 0.254. The molecule has 8 heteroatoms. The Kier molecular flexibility index (Phi) is 6.92. The second-order valence-electron chi connectivity index (χ2n) is 4.93. The molecule has 0 unspecified atom stereocenters. The van der Waals surface area contributed by atoms with E-state index in [4.69, 9.17) is 4.74 Å². The molecule has 2 amide bonds. The number of urea groups is 1. The van der Waals surface area contributed by atoms with Gasteiger partial charge in [-0.25, -0.2) is 4.79 Å². The molecule has 0 bridgehead atoms. The topological polar surface area (TPSA) is 81.1 Å². The van der Waals surface area contributed by atoms with Gasteiger partial charge in [-0.05, 0) is 32.9 Å². The van der Waals surface area contributed by atoms with Crippen LogP contribution in [0.3, 0.4) is 0 Å². The molecule has 2 aromatic rings. The van der Waals surface area contributed by atoms with Gasteiger partial charge >= 0.3 is 6.03 Å². The van der Waals surface area contributed by atoms with Crippen molar-refractivity contribution < 1.29 is 9.53 Å². The van der Waals surface area contributed by atoms with Gasteiger partial charge in [0.25, 0.3) is 0 Å². The number of thioether (sulfide) groups is 1. The highest BCUT2D eigenvalue weighted by Gasteiger charge is 2.09. The van der Waals surface area contributed by atoms with Gasteiger partial charge < -0.3 is 19.9 Å². The first-order chi connectivity index (χ1) is 11.7. The number of aryl methyl sites for hydroxylation is 1. The second-order valence-corrected chi connectivity index (χ2v) is 5.99. The highest BCUT2D eigenvalue weighted by Crippen LogP contribution is 2.23. The van der Waals surface area contributed by atoms with E-state index in [1.807, 2.05) is 42.7 Å². The number of aromatic nitrogens is 3. The third kappa shape index (κ3) is 4.89. The number of rotatable bonds is 8. The summed E-state index contributed by atoms with van der Waals surface area (Å²) in [5.74, 6) is 2.29. The van der Waals surface area contributed by atoms with Crippen LogP contribution in [0.25, 0.3) is 0 Å². The second kappa shape index (κ2) is 9.17. The van der Waals surface area contributed by atoms with Crippen molar-refractivity contribution >= 4 is 23.5 Å². The molecule has 0 saturated carbocycles. The number of carbonyl (C=O) groups excluding carboxylic acids is 1. The van der Waals surface area contributed by atoms with E-state index in [9.17, 15) is 4.79 Å². The van der Waals surface area contributed by atoms with E-state index in [1.165, 1.54) is 0 Å². The first-order valence-corrected chi connectivity index (χ1v) is 8.93. The van der Waals surface area contributed by atoms with Crippen LogP contribution in [-0.4, -0.2) is 39.7 Å². The fraction of sp³-hybridized carbons (Fsp3) is 0.438. The molecule has 0 atom stereocenters. The number of amides is 2. The number of carbonyl (C=O) groups is 1. The number of hydrogen-bond acceptors (Lipinski definition) is 5.